The van der Waals surface area contributed by atoms with Crippen LogP contribution in [0.2, 0.25) is 0 Å². The summed E-state index contributed by atoms with van der Waals surface area (Å²) in [6.07, 6.45) is 7.08. The molecule has 4 aromatic heterocycles. The Morgan fingerprint density at radius 2 is 2.00 bits per heavy atom. The molecule has 28 heavy (non-hydrogen) atoms. The van der Waals surface area contributed by atoms with Crippen molar-refractivity contribution >= 4 is 10.9 Å². The highest BCUT2D eigenvalue weighted by Crippen LogP contribution is 2.33. The van der Waals surface area contributed by atoms with Crippen LogP contribution in [-0.4, -0.2) is 43.1 Å². The highest BCUT2D eigenvalue weighted by Gasteiger charge is 2.15. The van der Waals surface area contributed by atoms with Crippen molar-refractivity contribution in [2.24, 2.45) is 0 Å². The topological polar surface area (TPSA) is 87.2 Å². The summed E-state index contributed by atoms with van der Waals surface area (Å²) in [7, 11) is 1.56. The molecule has 0 spiro atoms. The van der Waals surface area contributed by atoms with E-state index in [4.69, 9.17) is 14.5 Å². The van der Waals surface area contributed by atoms with Gasteiger partial charge in [-0.1, -0.05) is 0 Å². The lowest BCUT2D eigenvalue weighted by molar-refractivity contribution is 0.304. The second-order valence-electron chi connectivity index (χ2n) is 6.17. The van der Waals surface area contributed by atoms with Gasteiger partial charge in [0.05, 0.1) is 42.2 Å². The zero-order chi connectivity index (χ0) is 19.7. The maximum atomic E-state index is 10.6. The van der Waals surface area contributed by atoms with Gasteiger partial charge in [-0.05, 0) is 32.0 Å². The Kier molecular flexibility index (Phi) is 4.60. The van der Waals surface area contributed by atoms with Crippen LogP contribution in [0.5, 0.6) is 17.5 Å². The minimum Gasteiger partial charge on any atom is -0.494 e. The van der Waals surface area contributed by atoms with E-state index in [9.17, 15) is 5.11 Å². The fourth-order valence-corrected chi connectivity index (χ4v) is 3.07. The zero-order valence-electron chi connectivity index (χ0n) is 16.0. The summed E-state index contributed by atoms with van der Waals surface area (Å²) in [4.78, 5) is 8.99. The van der Waals surface area contributed by atoms with E-state index in [0.29, 0.717) is 29.1 Å². The van der Waals surface area contributed by atoms with Crippen LogP contribution >= 0.6 is 0 Å². The van der Waals surface area contributed by atoms with Gasteiger partial charge >= 0.3 is 0 Å². The molecule has 0 aliphatic carbocycles. The highest BCUT2D eigenvalue weighted by atomic mass is 16.5. The molecule has 0 amide bonds. The van der Waals surface area contributed by atoms with Crippen LogP contribution in [0, 0.1) is 0 Å². The summed E-state index contributed by atoms with van der Waals surface area (Å²) in [6, 6.07) is 5.55. The van der Waals surface area contributed by atoms with Crippen LogP contribution in [-0.2, 0) is 6.54 Å². The van der Waals surface area contributed by atoms with Crippen LogP contribution in [0.25, 0.3) is 27.8 Å². The lowest BCUT2D eigenvalue weighted by Gasteiger charge is -2.09. The molecule has 8 heteroatoms. The van der Waals surface area contributed by atoms with Crippen molar-refractivity contribution in [2.45, 2.75) is 20.4 Å². The Hall–Kier alpha value is -3.55. The third-order valence-electron chi connectivity index (χ3n) is 4.47. The number of ether oxygens (including phenoxy) is 2. The van der Waals surface area contributed by atoms with Crippen LogP contribution in [0.15, 0.2) is 43.0 Å². The molecule has 144 valence electrons. The molecule has 0 unspecified atom stereocenters. The second kappa shape index (κ2) is 7.22. The van der Waals surface area contributed by atoms with Crippen LogP contribution in [0.3, 0.4) is 0 Å². The van der Waals surface area contributed by atoms with Gasteiger partial charge < -0.3 is 14.6 Å². The van der Waals surface area contributed by atoms with E-state index in [1.54, 1.807) is 34.9 Å². The van der Waals surface area contributed by atoms with Gasteiger partial charge in [-0.25, -0.2) is 9.97 Å². The standard InChI is InChI=1S/C20H21N5O3/c1-4-24-11-14(10-22-24)25-12-17-15(20(25)26)6-7-16(23-17)13-8-18(28-5-2)19(27-3)21-9-13/h6-12,26H,4-5H2,1-3H3. The van der Waals surface area contributed by atoms with Crippen LogP contribution in [0.1, 0.15) is 13.8 Å². The summed E-state index contributed by atoms with van der Waals surface area (Å²) in [6.45, 7) is 5.19. The van der Waals surface area contributed by atoms with Crippen molar-refractivity contribution in [1.82, 2.24) is 24.3 Å². The SMILES string of the molecule is CCOc1cc(-c2ccc3c(O)n(-c4cnn(CC)c4)cc3n2)cnc1OC. The van der Waals surface area contributed by atoms with Crippen molar-refractivity contribution < 1.29 is 14.6 Å². The van der Waals surface area contributed by atoms with E-state index in [1.807, 2.05) is 38.2 Å². The highest BCUT2D eigenvalue weighted by molar-refractivity contribution is 5.87. The molecule has 0 saturated carbocycles. The average molecular weight is 379 g/mol. The van der Waals surface area contributed by atoms with Gasteiger partial charge in [-0.15, -0.1) is 0 Å². The first-order valence-electron chi connectivity index (χ1n) is 9.05. The fourth-order valence-electron chi connectivity index (χ4n) is 3.07. The van der Waals surface area contributed by atoms with Crippen LogP contribution < -0.4 is 9.47 Å². The predicted molar refractivity (Wildman–Crippen MR) is 105 cm³/mol. The molecule has 0 saturated heterocycles. The summed E-state index contributed by atoms with van der Waals surface area (Å²) < 4.78 is 14.3. The molecular weight excluding hydrogens is 358 g/mol. The molecule has 1 N–H and O–H groups in total. The maximum Gasteiger partial charge on any atom is 0.256 e. The zero-order valence-corrected chi connectivity index (χ0v) is 16.0. The Bertz CT molecular complexity index is 1130. The van der Waals surface area contributed by atoms with Crippen molar-refractivity contribution in [2.75, 3.05) is 13.7 Å². The summed E-state index contributed by atoms with van der Waals surface area (Å²) >= 11 is 0. The third kappa shape index (κ3) is 3.02. The molecule has 4 heterocycles. The molecule has 0 aliphatic rings. The second-order valence-corrected chi connectivity index (χ2v) is 6.17. The number of methoxy groups -OCH3 is 1. The predicted octanol–water partition coefficient (Wildman–Crippen LogP) is 3.42. The lowest BCUT2D eigenvalue weighted by atomic mass is 10.1. The number of hydrogen-bond donors (Lipinski definition) is 1. The molecule has 0 aromatic carbocycles. The van der Waals surface area contributed by atoms with Gasteiger partial charge in [-0.2, -0.15) is 5.10 Å². The summed E-state index contributed by atoms with van der Waals surface area (Å²) in [5.41, 5.74) is 2.99. The number of rotatable bonds is 6. The first-order chi connectivity index (χ1) is 13.6. The molecule has 0 fully saturated rings. The minimum atomic E-state index is 0.132. The van der Waals surface area contributed by atoms with Gasteiger partial charge in [0.2, 0.25) is 5.88 Å². The first-order valence-corrected chi connectivity index (χ1v) is 9.05. The number of aromatic hydroxyl groups is 1. The summed E-state index contributed by atoms with van der Waals surface area (Å²) in [5.74, 6) is 1.13. The summed E-state index contributed by atoms with van der Waals surface area (Å²) in [5, 5.41) is 15.5. The largest absolute Gasteiger partial charge is 0.494 e. The van der Waals surface area contributed by atoms with Crippen molar-refractivity contribution in [3.63, 3.8) is 0 Å². The molecule has 4 rings (SSSR count). The maximum absolute atomic E-state index is 10.6. The number of pyridine rings is 2. The number of aromatic nitrogens is 5. The van der Waals surface area contributed by atoms with Gasteiger partial charge in [0, 0.05) is 30.7 Å². The number of hydrogen-bond acceptors (Lipinski definition) is 6. The van der Waals surface area contributed by atoms with E-state index in [1.165, 1.54) is 0 Å². The smallest absolute Gasteiger partial charge is 0.256 e. The molecule has 0 radical (unpaired) electrons. The molecule has 4 aromatic rings. The van der Waals surface area contributed by atoms with Gasteiger partial charge in [0.25, 0.3) is 5.88 Å². The lowest BCUT2D eigenvalue weighted by Crippen LogP contribution is -1.98. The Morgan fingerprint density at radius 3 is 2.71 bits per heavy atom. The number of nitrogens with zero attached hydrogens (tertiary/aromatic N) is 5. The molecule has 0 atom stereocenters. The normalized spacial score (nSPS) is 11.1. The fraction of sp³-hybridized carbons (Fsp3) is 0.250. The van der Waals surface area contributed by atoms with E-state index >= 15 is 0 Å². The van der Waals surface area contributed by atoms with E-state index in [-0.39, 0.29) is 5.88 Å². The Labute approximate surface area is 162 Å². The van der Waals surface area contributed by atoms with Crippen LogP contribution in [0.4, 0.5) is 0 Å². The Morgan fingerprint density at radius 1 is 1.14 bits per heavy atom. The van der Waals surface area contributed by atoms with Crippen molar-refractivity contribution in [1.29, 1.82) is 0 Å². The monoisotopic (exact) mass is 379 g/mol. The number of aryl methyl sites for hydroxylation is 1. The van der Waals surface area contributed by atoms with E-state index < -0.39 is 0 Å². The minimum absolute atomic E-state index is 0.132. The first kappa shape index (κ1) is 17.8. The Balaban J connectivity index is 1.77. The van der Waals surface area contributed by atoms with E-state index in [0.717, 1.165) is 23.5 Å². The van der Waals surface area contributed by atoms with E-state index in [2.05, 4.69) is 10.1 Å². The molecule has 0 bridgehead atoms. The average Bonchev–Trinajstić information content (AvgIpc) is 3.32. The quantitative estimate of drug-likeness (QED) is 0.552. The van der Waals surface area contributed by atoms with Crippen molar-refractivity contribution in [3.05, 3.63) is 43.0 Å². The molecular formula is C20H21N5O3. The van der Waals surface area contributed by atoms with Gasteiger partial charge in [0.1, 0.15) is 0 Å². The van der Waals surface area contributed by atoms with Gasteiger partial charge in [0.15, 0.2) is 5.75 Å². The third-order valence-corrected chi connectivity index (χ3v) is 4.47. The molecule has 8 nitrogen and oxygen atoms in total. The molecule has 0 aliphatic heterocycles. The van der Waals surface area contributed by atoms with Crippen molar-refractivity contribution in [3.8, 4) is 34.5 Å². The van der Waals surface area contributed by atoms with Gasteiger partial charge in [-0.3, -0.25) is 9.25 Å². The number of fused-ring (bicyclic) bond motifs is 1.